The highest BCUT2D eigenvalue weighted by Gasteiger charge is 2.25. The van der Waals surface area contributed by atoms with Crippen LogP contribution in [0.1, 0.15) is 36.1 Å². The molecular formula is C19H27N5O2S. The molecule has 1 aliphatic carbocycles. The molecular weight excluding hydrogens is 362 g/mol. The van der Waals surface area contributed by atoms with Crippen LogP contribution in [0.2, 0.25) is 0 Å². The van der Waals surface area contributed by atoms with E-state index in [0.29, 0.717) is 30.9 Å². The van der Waals surface area contributed by atoms with E-state index in [1.54, 1.807) is 11.3 Å². The van der Waals surface area contributed by atoms with Gasteiger partial charge < -0.3 is 9.73 Å². The van der Waals surface area contributed by atoms with Crippen LogP contribution in [0.5, 0.6) is 0 Å². The highest BCUT2D eigenvalue weighted by Crippen LogP contribution is 2.30. The first-order valence-electron chi connectivity index (χ1n) is 9.77. The summed E-state index contributed by atoms with van der Waals surface area (Å²) in [5, 5.41) is 11.5. The number of hydrogen-bond acceptors (Lipinski definition) is 7. The Balaban J connectivity index is 1.26. The monoisotopic (exact) mass is 389 g/mol. The van der Waals surface area contributed by atoms with E-state index in [-0.39, 0.29) is 5.91 Å². The average Bonchev–Trinajstić information content (AvgIpc) is 3.20. The first-order chi connectivity index (χ1) is 13.1. The summed E-state index contributed by atoms with van der Waals surface area (Å²) < 4.78 is 5.90. The fourth-order valence-corrected chi connectivity index (χ4v) is 4.43. The van der Waals surface area contributed by atoms with Crippen LogP contribution in [0.3, 0.4) is 0 Å². The number of piperazine rings is 1. The van der Waals surface area contributed by atoms with Gasteiger partial charge in [0.2, 0.25) is 11.8 Å². The molecule has 27 heavy (non-hydrogen) atoms. The highest BCUT2D eigenvalue weighted by molar-refractivity contribution is 7.15. The molecule has 4 rings (SSSR count). The summed E-state index contributed by atoms with van der Waals surface area (Å²) >= 11 is 1.73. The Kier molecular flexibility index (Phi) is 5.56. The van der Waals surface area contributed by atoms with Crippen molar-refractivity contribution in [2.45, 2.75) is 45.7 Å². The van der Waals surface area contributed by atoms with Gasteiger partial charge in [0.25, 0.3) is 5.89 Å². The second-order valence-electron chi connectivity index (χ2n) is 7.47. The van der Waals surface area contributed by atoms with Crippen LogP contribution in [-0.2, 0) is 17.8 Å². The van der Waals surface area contributed by atoms with Gasteiger partial charge in [-0.2, -0.15) is 0 Å². The van der Waals surface area contributed by atoms with E-state index < -0.39 is 0 Å². The molecule has 0 aromatic carbocycles. The molecule has 8 heteroatoms. The molecule has 0 unspecified atom stereocenters. The molecule has 0 spiro atoms. The van der Waals surface area contributed by atoms with Crippen molar-refractivity contribution in [2.75, 3.05) is 32.7 Å². The van der Waals surface area contributed by atoms with Crippen LogP contribution in [0.4, 0.5) is 0 Å². The zero-order valence-electron chi connectivity index (χ0n) is 16.0. The minimum atomic E-state index is 0.158. The highest BCUT2D eigenvalue weighted by atomic mass is 32.1. The zero-order chi connectivity index (χ0) is 18.8. The van der Waals surface area contributed by atoms with Gasteiger partial charge in [-0.25, -0.2) is 0 Å². The quantitative estimate of drug-likeness (QED) is 0.781. The summed E-state index contributed by atoms with van der Waals surface area (Å²) in [6, 6.07) is 2.57. The van der Waals surface area contributed by atoms with Gasteiger partial charge in [-0.05, 0) is 37.8 Å². The van der Waals surface area contributed by atoms with Crippen molar-refractivity contribution in [3.8, 4) is 10.8 Å². The molecule has 1 N–H and O–H groups in total. The summed E-state index contributed by atoms with van der Waals surface area (Å²) in [6.07, 6.45) is 3.30. The van der Waals surface area contributed by atoms with Crippen molar-refractivity contribution in [3.63, 3.8) is 0 Å². The van der Waals surface area contributed by atoms with Crippen LogP contribution in [0.25, 0.3) is 10.8 Å². The van der Waals surface area contributed by atoms with Crippen molar-refractivity contribution in [2.24, 2.45) is 0 Å². The number of amides is 1. The van der Waals surface area contributed by atoms with Gasteiger partial charge in [0.15, 0.2) is 0 Å². The Morgan fingerprint density at radius 2 is 2.00 bits per heavy atom. The molecule has 0 radical (unpaired) electrons. The molecule has 0 bridgehead atoms. The van der Waals surface area contributed by atoms with Crippen LogP contribution >= 0.6 is 11.3 Å². The molecule has 1 saturated carbocycles. The summed E-state index contributed by atoms with van der Waals surface area (Å²) in [5.41, 5.74) is 1.29. The third kappa shape index (κ3) is 4.75. The molecule has 1 saturated heterocycles. The Morgan fingerprint density at radius 3 is 2.67 bits per heavy atom. The Labute approximate surface area is 163 Å². The topological polar surface area (TPSA) is 74.5 Å². The summed E-state index contributed by atoms with van der Waals surface area (Å²) in [7, 11) is 0. The molecule has 2 fully saturated rings. The summed E-state index contributed by atoms with van der Waals surface area (Å²) in [5.74, 6) is 1.44. The van der Waals surface area contributed by atoms with E-state index in [1.165, 1.54) is 10.4 Å². The van der Waals surface area contributed by atoms with Gasteiger partial charge in [0.05, 0.1) is 18.0 Å². The number of aryl methyl sites for hydroxylation is 2. The van der Waals surface area contributed by atoms with Crippen molar-refractivity contribution < 1.29 is 9.21 Å². The first kappa shape index (κ1) is 18.6. The second-order valence-corrected chi connectivity index (χ2v) is 8.60. The van der Waals surface area contributed by atoms with Gasteiger partial charge in [-0.3, -0.25) is 14.6 Å². The fourth-order valence-electron chi connectivity index (χ4n) is 3.39. The molecule has 0 atom stereocenters. The lowest BCUT2D eigenvalue weighted by Gasteiger charge is -2.33. The van der Waals surface area contributed by atoms with Gasteiger partial charge in [-0.1, -0.05) is 6.92 Å². The average molecular weight is 390 g/mol. The largest absolute Gasteiger partial charge is 0.419 e. The lowest BCUT2D eigenvalue weighted by Crippen LogP contribution is -2.49. The number of nitrogens with one attached hydrogen (secondary N) is 1. The lowest BCUT2D eigenvalue weighted by atomic mass is 10.2. The maximum Gasteiger partial charge on any atom is 0.257 e. The number of hydrogen-bond donors (Lipinski definition) is 1. The molecule has 146 valence electrons. The van der Waals surface area contributed by atoms with E-state index >= 15 is 0 Å². The molecule has 7 nitrogen and oxygen atoms in total. The number of carbonyl (C=O) groups excluding carboxylic acids is 1. The van der Waals surface area contributed by atoms with Crippen LogP contribution in [0, 0.1) is 6.92 Å². The molecule has 2 aromatic heterocycles. The number of thiophene rings is 1. The van der Waals surface area contributed by atoms with Crippen molar-refractivity contribution in [3.05, 3.63) is 22.4 Å². The second kappa shape index (κ2) is 8.08. The number of carbonyl (C=O) groups is 1. The van der Waals surface area contributed by atoms with E-state index in [9.17, 15) is 4.79 Å². The summed E-state index contributed by atoms with van der Waals surface area (Å²) in [6.45, 7) is 9.06. The van der Waals surface area contributed by atoms with E-state index in [1.807, 2.05) is 0 Å². The van der Waals surface area contributed by atoms with Crippen LogP contribution < -0.4 is 5.32 Å². The van der Waals surface area contributed by atoms with Gasteiger partial charge in [0, 0.05) is 37.1 Å². The van der Waals surface area contributed by atoms with E-state index in [0.717, 1.165) is 50.3 Å². The molecule has 3 heterocycles. The minimum absolute atomic E-state index is 0.158. The first-order valence-corrected chi connectivity index (χ1v) is 10.6. The van der Waals surface area contributed by atoms with E-state index in [2.05, 4.69) is 45.2 Å². The van der Waals surface area contributed by atoms with Crippen molar-refractivity contribution >= 4 is 17.2 Å². The maximum atomic E-state index is 11.9. The third-order valence-electron chi connectivity index (χ3n) is 5.15. The van der Waals surface area contributed by atoms with E-state index in [4.69, 9.17) is 4.42 Å². The Morgan fingerprint density at radius 1 is 1.26 bits per heavy atom. The number of aromatic nitrogens is 2. The Bertz CT molecular complexity index is 790. The van der Waals surface area contributed by atoms with Gasteiger partial charge >= 0.3 is 0 Å². The minimum Gasteiger partial charge on any atom is -0.419 e. The SMILES string of the molecule is CCc1sc(-c2nnc(CN3CCN(CC(=O)NC4CC4)CC3)o2)cc1C. The van der Waals surface area contributed by atoms with Crippen LogP contribution in [0.15, 0.2) is 10.5 Å². The normalized spacial score (nSPS) is 18.7. The number of rotatable bonds is 7. The standard InChI is InChI=1S/C19H27N5O2S/c1-3-15-13(2)10-16(27-15)19-22-21-18(26-19)12-24-8-6-23(7-9-24)11-17(25)20-14-4-5-14/h10,14H,3-9,11-12H2,1-2H3,(H,20,25). The zero-order valence-corrected chi connectivity index (χ0v) is 16.8. The lowest BCUT2D eigenvalue weighted by molar-refractivity contribution is -0.122. The maximum absolute atomic E-state index is 11.9. The third-order valence-corrected chi connectivity index (χ3v) is 6.52. The fraction of sp³-hybridized carbons (Fsp3) is 0.632. The summed E-state index contributed by atoms with van der Waals surface area (Å²) in [4.78, 5) is 18.9. The number of nitrogens with zero attached hydrogens (tertiary/aromatic N) is 4. The molecule has 2 aromatic rings. The van der Waals surface area contributed by atoms with Crippen molar-refractivity contribution in [1.82, 2.24) is 25.3 Å². The molecule has 1 aliphatic heterocycles. The van der Waals surface area contributed by atoms with Crippen LogP contribution in [-0.4, -0.2) is 64.7 Å². The Hall–Kier alpha value is -1.77. The smallest absolute Gasteiger partial charge is 0.257 e. The molecule has 2 aliphatic rings. The predicted octanol–water partition coefficient (Wildman–Crippen LogP) is 2.07. The van der Waals surface area contributed by atoms with Gasteiger partial charge in [0.1, 0.15) is 0 Å². The van der Waals surface area contributed by atoms with Gasteiger partial charge in [-0.15, -0.1) is 21.5 Å². The van der Waals surface area contributed by atoms with Crippen molar-refractivity contribution in [1.29, 1.82) is 0 Å². The predicted molar refractivity (Wildman–Crippen MR) is 105 cm³/mol. The molecule has 1 amide bonds.